The minimum Gasteiger partial charge on any atom is -0.221 e. The fourth-order valence-electron chi connectivity index (χ4n) is 0. The molecule has 2 N–H and O–H groups in total. The van der Waals surface area contributed by atoms with E-state index in [4.69, 9.17) is 10.5 Å². The zero-order valence-corrected chi connectivity index (χ0v) is 2.36. The molecule has 0 saturated heterocycles. The quantitative estimate of drug-likeness (QED) is 0.324. The van der Waals surface area contributed by atoms with Gasteiger partial charge in [0, 0.05) is 37.7 Å². The Balaban J connectivity index is 0. The summed E-state index contributed by atoms with van der Waals surface area (Å²) in [6, 6.07) is 0. The molecule has 28 valence electrons. The second-order valence-electron chi connectivity index (χ2n) is 0.0816. The van der Waals surface area contributed by atoms with E-state index in [1.54, 1.807) is 0 Å². The molecule has 0 aromatic heterocycles. The van der Waals surface area contributed by atoms with Gasteiger partial charge in [-0.2, -0.15) is 0 Å². The molecule has 3 nitrogen and oxygen atoms in total. The van der Waals surface area contributed by atoms with E-state index in [1.165, 1.54) is 0 Å². The topological polar surface area (TPSA) is 49.7 Å². The molecule has 0 unspecified atom stereocenters. The van der Waals surface area contributed by atoms with Crippen LogP contribution in [0.15, 0.2) is 0 Å². The molecule has 4 heteroatoms. The zero-order chi connectivity index (χ0) is 2.71. The molecular formula is H2ArO3. The number of rotatable bonds is 0. The van der Waals surface area contributed by atoms with Gasteiger partial charge in [-0.15, -0.1) is 0 Å². The van der Waals surface area contributed by atoms with Gasteiger partial charge in [0.2, 0.25) is 0 Å². The van der Waals surface area contributed by atoms with Crippen molar-refractivity contribution in [3.63, 3.8) is 0 Å². The maximum atomic E-state index is 6.62. The molecule has 0 aliphatic heterocycles. The van der Waals surface area contributed by atoms with Crippen LogP contribution in [0, 0.1) is 37.7 Å². The molecule has 0 aliphatic carbocycles. The zero-order valence-electron chi connectivity index (χ0n) is 1.66. The molecule has 0 aromatic rings. The second kappa shape index (κ2) is 8.91. The van der Waals surface area contributed by atoms with Crippen LogP contribution in [0.1, 0.15) is 0 Å². The van der Waals surface area contributed by atoms with Crippen LogP contribution in [0.2, 0.25) is 0 Å². The van der Waals surface area contributed by atoms with Gasteiger partial charge < -0.3 is 0 Å². The predicted molar refractivity (Wildman–Crippen MR) is 6.34 cm³/mol. The van der Waals surface area contributed by atoms with E-state index in [0.29, 0.717) is 0 Å². The van der Waals surface area contributed by atoms with Crippen LogP contribution in [0.3, 0.4) is 0 Å². The summed E-state index contributed by atoms with van der Waals surface area (Å²) in [6.45, 7) is 0. The molecule has 0 amide bonds. The van der Waals surface area contributed by atoms with Crippen LogP contribution in [-0.2, 0) is 5.04 Å². The van der Waals surface area contributed by atoms with Gasteiger partial charge in [0.25, 0.3) is 0 Å². The van der Waals surface area contributed by atoms with Crippen LogP contribution in [-0.4, -0.2) is 10.5 Å². The van der Waals surface area contributed by atoms with Crippen LogP contribution in [0.5, 0.6) is 0 Å². The second-order valence-corrected chi connectivity index (χ2v) is 0.0816. The van der Waals surface area contributed by atoms with E-state index in [2.05, 4.69) is 5.04 Å². The van der Waals surface area contributed by atoms with E-state index < -0.39 is 0 Å². The summed E-state index contributed by atoms with van der Waals surface area (Å²) in [6.07, 6.45) is 0. The molecule has 0 aromatic carbocycles. The molecular weight excluding hydrogens is 87.9 g/mol. The van der Waals surface area contributed by atoms with Crippen molar-refractivity contribution in [3.8, 4) is 0 Å². The van der Waals surface area contributed by atoms with Crippen LogP contribution in [0.25, 0.3) is 0 Å². The average molecular weight is 90.0 g/mol. The molecule has 0 atom stereocenters. The first-order valence-electron chi connectivity index (χ1n) is 0.365. The van der Waals surface area contributed by atoms with Crippen molar-refractivity contribution < 1.29 is 53.3 Å². The normalized spacial score (nSPS) is 4.50. The predicted octanol–water partition coefficient (Wildman–Crippen LogP) is -0.0510. The molecule has 0 heterocycles. The van der Waals surface area contributed by atoms with Crippen molar-refractivity contribution >= 4 is 0 Å². The minimum absolute atomic E-state index is 0. The molecule has 0 aliphatic rings. The third-order valence-electron chi connectivity index (χ3n) is 0. The molecule has 0 radical (unpaired) electrons. The Bertz CT molecular complexity index is 3.25. The molecule has 4 heavy (non-hydrogen) atoms. The van der Waals surface area contributed by atoms with Gasteiger partial charge in [-0.25, -0.2) is 10.5 Å². The number of hydrogen-bond acceptors (Lipinski definition) is 3. The molecule has 0 spiro atoms. The Morgan fingerprint density at radius 3 is 1.25 bits per heavy atom. The molecule has 0 rings (SSSR count). The third-order valence-corrected chi connectivity index (χ3v) is 0. The van der Waals surface area contributed by atoms with Crippen LogP contribution in [0.4, 0.5) is 0 Å². The Morgan fingerprint density at radius 1 is 1.25 bits per heavy atom. The van der Waals surface area contributed by atoms with Gasteiger partial charge in [-0.1, -0.05) is 5.04 Å². The van der Waals surface area contributed by atoms with Gasteiger partial charge in [0.15, 0.2) is 0 Å². The fraction of sp³-hybridized carbons (Fsp3) is 0. The van der Waals surface area contributed by atoms with Crippen molar-refractivity contribution in [1.29, 1.82) is 0 Å². The molecule has 0 bridgehead atoms. The van der Waals surface area contributed by atoms with E-state index in [0.717, 1.165) is 0 Å². The smallest absolute Gasteiger partial charge is 0 e. The van der Waals surface area contributed by atoms with E-state index >= 15 is 0 Å². The standard InChI is InChI=1S/Ar.H2O3/c;1-3-2/h;1-2H. The van der Waals surface area contributed by atoms with Crippen molar-refractivity contribution in [2.24, 2.45) is 0 Å². The summed E-state index contributed by atoms with van der Waals surface area (Å²) in [7, 11) is 0. The maximum Gasteiger partial charge on any atom is 0 e. The first-order valence-corrected chi connectivity index (χ1v) is 0.365. The SMILES string of the molecule is OOO.[Ar]. The summed E-state index contributed by atoms with van der Waals surface area (Å²) < 4.78 is 0. The van der Waals surface area contributed by atoms with Crippen molar-refractivity contribution in [3.05, 3.63) is 0 Å². The van der Waals surface area contributed by atoms with E-state index in [-0.39, 0.29) is 37.7 Å². The Kier molecular flexibility index (Phi) is 19.9. The first kappa shape index (κ1) is 8.94. The first-order chi connectivity index (χ1) is 1.41. The van der Waals surface area contributed by atoms with Crippen molar-refractivity contribution in [1.82, 2.24) is 0 Å². The Hall–Kier alpha value is 1.14. The minimum atomic E-state index is 0. The van der Waals surface area contributed by atoms with Gasteiger partial charge in [-0.05, 0) is 0 Å². The van der Waals surface area contributed by atoms with Gasteiger partial charge in [-0.3, -0.25) is 0 Å². The monoisotopic (exact) mass is 90.0 g/mol. The largest absolute Gasteiger partial charge is 0.221 e. The van der Waals surface area contributed by atoms with Crippen LogP contribution < -0.4 is 0 Å². The van der Waals surface area contributed by atoms with E-state index in [9.17, 15) is 0 Å². The summed E-state index contributed by atoms with van der Waals surface area (Å²) >= 11 is 0. The summed E-state index contributed by atoms with van der Waals surface area (Å²) in [4.78, 5) is 0. The van der Waals surface area contributed by atoms with Crippen molar-refractivity contribution in [2.75, 3.05) is 0 Å². The average Bonchev–Trinajstić information content (AvgIpc) is 0.918. The molecule has 0 fully saturated rings. The van der Waals surface area contributed by atoms with Gasteiger partial charge in [0.05, 0.1) is 0 Å². The summed E-state index contributed by atoms with van der Waals surface area (Å²) in [5.41, 5.74) is 0. The van der Waals surface area contributed by atoms with Gasteiger partial charge >= 0.3 is 0 Å². The van der Waals surface area contributed by atoms with Gasteiger partial charge in [0.1, 0.15) is 0 Å². The van der Waals surface area contributed by atoms with E-state index in [1.807, 2.05) is 0 Å². The third kappa shape index (κ3) is 11.1. The van der Waals surface area contributed by atoms with Crippen LogP contribution >= 0.6 is 0 Å². The summed E-state index contributed by atoms with van der Waals surface area (Å²) in [5.74, 6) is 0. The Morgan fingerprint density at radius 2 is 1.25 bits per heavy atom. The maximum absolute atomic E-state index is 6.62. The Labute approximate surface area is 53.1 Å². The molecule has 0 saturated carbocycles. The fourth-order valence-corrected chi connectivity index (χ4v) is 0. The van der Waals surface area contributed by atoms with Crippen molar-refractivity contribution in [2.45, 2.75) is 0 Å². The number of hydrogen-bond donors (Lipinski definition) is 2. The summed E-state index contributed by atoms with van der Waals surface area (Å²) in [5, 5.41) is 15.5.